The molecule has 0 fully saturated rings. The average molecular weight is 443 g/mol. The topological polar surface area (TPSA) is 125 Å². The van der Waals surface area contributed by atoms with Crippen LogP contribution in [-0.4, -0.2) is 33.8 Å². The van der Waals surface area contributed by atoms with E-state index >= 15 is 0 Å². The van der Waals surface area contributed by atoms with Crippen LogP contribution in [0.5, 0.6) is 0 Å². The number of amides is 1. The van der Waals surface area contributed by atoms with Crippen LogP contribution >= 0.6 is 0 Å². The number of anilines is 3. The molecule has 0 saturated heterocycles. The molecule has 0 radical (unpaired) electrons. The molecule has 1 amide bonds. The Morgan fingerprint density at radius 1 is 0.938 bits per heavy atom. The molecule has 0 heterocycles. The second-order valence-electron chi connectivity index (χ2n) is 9.14. The van der Waals surface area contributed by atoms with Gasteiger partial charge in [-0.25, -0.2) is 14.4 Å². The van der Waals surface area contributed by atoms with Crippen molar-refractivity contribution < 1.29 is 29.3 Å². The molecular weight excluding hydrogens is 412 g/mol. The molecule has 172 valence electrons. The number of carboxylic acid groups (broad SMARTS) is 2. The summed E-state index contributed by atoms with van der Waals surface area (Å²) in [7, 11) is 0. The lowest BCUT2D eigenvalue weighted by molar-refractivity contribution is 0.0461. The van der Waals surface area contributed by atoms with Gasteiger partial charge in [-0.1, -0.05) is 33.8 Å². The highest BCUT2D eigenvalue weighted by Crippen LogP contribution is 2.32. The van der Waals surface area contributed by atoms with E-state index < -0.39 is 23.6 Å². The molecule has 2 rings (SSSR count). The predicted octanol–water partition coefficient (Wildman–Crippen LogP) is 5.86. The van der Waals surface area contributed by atoms with Crippen LogP contribution in [0.4, 0.5) is 21.9 Å². The van der Waals surface area contributed by atoms with Gasteiger partial charge in [0.1, 0.15) is 5.60 Å². The number of ether oxygens (including phenoxy) is 1. The van der Waals surface area contributed by atoms with Crippen molar-refractivity contribution in [2.24, 2.45) is 0 Å². The Bertz CT molecular complexity index is 1040. The highest BCUT2D eigenvalue weighted by molar-refractivity contribution is 6.06. The fraction of sp³-hybridized carbons (Fsp3) is 0.375. The molecular formula is C24H30N2O6. The zero-order valence-electron chi connectivity index (χ0n) is 19.2. The first-order chi connectivity index (χ1) is 14.7. The first-order valence-corrected chi connectivity index (χ1v) is 10.3. The average Bonchev–Trinajstić information content (AvgIpc) is 2.66. The number of aromatic carboxylic acids is 2. The summed E-state index contributed by atoms with van der Waals surface area (Å²) in [6, 6.07) is 9.47. The van der Waals surface area contributed by atoms with Crippen LogP contribution in [0.15, 0.2) is 36.4 Å². The van der Waals surface area contributed by atoms with Gasteiger partial charge in [-0.2, -0.15) is 0 Å². The van der Waals surface area contributed by atoms with Gasteiger partial charge in [-0.15, -0.1) is 0 Å². The molecule has 0 atom stereocenters. The van der Waals surface area contributed by atoms with Gasteiger partial charge in [0.25, 0.3) is 0 Å². The second kappa shape index (κ2) is 9.30. The van der Waals surface area contributed by atoms with Crippen LogP contribution in [0.25, 0.3) is 0 Å². The number of hydrogen-bond donors (Lipinski definition) is 4. The quantitative estimate of drug-likeness (QED) is 0.423. The first kappa shape index (κ1) is 24.7. The maximum Gasteiger partial charge on any atom is 0.412 e. The van der Waals surface area contributed by atoms with Crippen LogP contribution in [0, 0.1) is 0 Å². The van der Waals surface area contributed by atoms with E-state index in [1.165, 1.54) is 18.2 Å². The molecule has 0 spiro atoms. The number of hydrogen-bond acceptors (Lipinski definition) is 5. The van der Waals surface area contributed by atoms with E-state index in [4.69, 9.17) is 4.74 Å². The standard InChI is InChI=1S/C24H30N2O6/c1-7-24(5,6)32-22(31)26-16-12-14(23(2,3)4)11-15(13-16)25-18-10-8-9-17(20(27)28)19(18)21(29)30/h8-13,25H,7H2,1-6H3,(H,26,31)(H,27,28)(H,29,30). The monoisotopic (exact) mass is 442 g/mol. The Balaban J connectivity index is 2.48. The number of rotatable bonds is 7. The lowest BCUT2D eigenvalue weighted by Gasteiger charge is -2.25. The lowest BCUT2D eigenvalue weighted by atomic mass is 9.86. The maximum absolute atomic E-state index is 12.4. The van der Waals surface area contributed by atoms with Gasteiger partial charge < -0.3 is 20.3 Å². The zero-order chi connectivity index (χ0) is 24.3. The fourth-order valence-electron chi connectivity index (χ4n) is 2.89. The van der Waals surface area contributed by atoms with Crippen molar-refractivity contribution in [2.75, 3.05) is 10.6 Å². The Labute approximate surface area is 187 Å². The largest absolute Gasteiger partial charge is 0.478 e. The van der Waals surface area contributed by atoms with Crippen molar-refractivity contribution in [3.8, 4) is 0 Å². The van der Waals surface area contributed by atoms with Crippen LogP contribution in [0.1, 0.15) is 74.2 Å². The van der Waals surface area contributed by atoms with E-state index in [1.807, 2.05) is 53.7 Å². The van der Waals surface area contributed by atoms with Crippen molar-refractivity contribution in [1.82, 2.24) is 0 Å². The molecule has 0 saturated carbocycles. The minimum atomic E-state index is -1.36. The van der Waals surface area contributed by atoms with Gasteiger partial charge in [-0.3, -0.25) is 5.32 Å². The number of carbonyl (C=O) groups excluding carboxylic acids is 1. The van der Waals surface area contributed by atoms with Gasteiger partial charge >= 0.3 is 18.0 Å². The summed E-state index contributed by atoms with van der Waals surface area (Å²) >= 11 is 0. The maximum atomic E-state index is 12.4. The SMILES string of the molecule is CCC(C)(C)OC(=O)Nc1cc(Nc2cccc(C(=O)O)c2C(=O)O)cc(C(C)(C)C)c1. The van der Waals surface area contributed by atoms with Gasteiger partial charge in [-0.05, 0) is 61.6 Å². The predicted molar refractivity (Wildman–Crippen MR) is 123 cm³/mol. The second-order valence-corrected chi connectivity index (χ2v) is 9.14. The molecule has 0 aromatic heterocycles. The molecule has 8 heteroatoms. The van der Waals surface area contributed by atoms with Gasteiger partial charge in [0.2, 0.25) is 0 Å². The highest BCUT2D eigenvalue weighted by atomic mass is 16.6. The third kappa shape index (κ3) is 6.23. The van der Waals surface area contributed by atoms with E-state index in [0.29, 0.717) is 17.8 Å². The van der Waals surface area contributed by atoms with E-state index in [-0.39, 0.29) is 22.2 Å². The van der Waals surface area contributed by atoms with Crippen LogP contribution < -0.4 is 10.6 Å². The van der Waals surface area contributed by atoms with E-state index in [0.717, 1.165) is 5.56 Å². The fourth-order valence-corrected chi connectivity index (χ4v) is 2.89. The molecule has 2 aromatic carbocycles. The Morgan fingerprint density at radius 3 is 2.09 bits per heavy atom. The normalized spacial score (nSPS) is 11.6. The van der Waals surface area contributed by atoms with E-state index in [9.17, 15) is 24.6 Å². The number of carbonyl (C=O) groups is 3. The number of benzene rings is 2. The molecule has 4 N–H and O–H groups in total. The summed E-state index contributed by atoms with van der Waals surface area (Å²) in [5, 5.41) is 24.7. The molecule has 0 unspecified atom stereocenters. The van der Waals surface area contributed by atoms with Crippen molar-refractivity contribution in [3.63, 3.8) is 0 Å². The lowest BCUT2D eigenvalue weighted by Crippen LogP contribution is -2.29. The molecule has 0 aliphatic carbocycles. The Morgan fingerprint density at radius 2 is 1.56 bits per heavy atom. The highest BCUT2D eigenvalue weighted by Gasteiger charge is 2.23. The van der Waals surface area contributed by atoms with Crippen molar-refractivity contribution in [2.45, 2.75) is 59.0 Å². The minimum Gasteiger partial charge on any atom is -0.478 e. The van der Waals surface area contributed by atoms with Gasteiger partial charge in [0.15, 0.2) is 0 Å². The van der Waals surface area contributed by atoms with Crippen molar-refractivity contribution >= 4 is 35.1 Å². The molecule has 32 heavy (non-hydrogen) atoms. The third-order valence-corrected chi connectivity index (χ3v) is 5.05. The summed E-state index contributed by atoms with van der Waals surface area (Å²) in [6.07, 6.45) is 0.0422. The minimum absolute atomic E-state index is 0.129. The van der Waals surface area contributed by atoms with Crippen molar-refractivity contribution in [1.29, 1.82) is 0 Å². The van der Waals surface area contributed by atoms with E-state index in [2.05, 4.69) is 10.6 Å². The van der Waals surface area contributed by atoms with Gasteiger partial charge in [0, 0.05) is 11.4 Å². The van der Waals surface area contributed by atoms with E-state index in [1.54, 1.807) is 6.07 Å². The summed E-state index contributed by atoms with van der Waals surface area (Å²) in [6.45, 7) is 11.6. The molecule has 2 aromatic rings. The van der Waals surface area contributed by atoms with Crippen LogP contribution in [0.2, 0.25) is 0 Å². The summed E-state index contributed by atoms with van der Waals surface area (Å²) in [5.41, 5.74) is 0.385. The van der Waals surface area contributed by atoms with Crippen LogP contribution in [0.3, 0.4) is 0 Å². The van der Waals surface area contributed by atoms with Crippen LogP contribution in [-0.2, 0) is 10.2 Å². The Kier molecular flexibility index (Phi) is 7.18. The summed E-state index contributed by atoms with van der Waals surface area (Å²) < 4.78 is 5.45. The number of nitrogens with one attached hydrogen (secondary N) is 2. The Hall–Kier alpha value is -3.55. The third-order valence-electron chi connectivity index (χ3n) is 5.05. The zero-order valence-corrected chi connectivity index (χ0v) is 19.2. The summed E-state index contributed by atoms with van der Waals surface area (Å²) in [5.74, 6) is -2.70. The van der Waals surface area contributed by atoms with Gasteiger partial charge in [0.05, 0.1) is 16.8 Å². The number of carboxylic acids is 2. The molecule has 0 bridgehead atoms. The van der Waals surface area contributed by atoms with Crippen molar-refractivity contribution in [3.05, 3.63) is 53.1 Å². The summed E-state index contributed by atoms with van der Waals surface area (Å²) in [4.78, 5) is 35.6. The molecule has 0 aliphatic heterocycles. The smallest absolute Gasteiger partial charge is 0.412 e. The first-order valence-electron chi connectivity index (χ1n) is 10.3. The molecule has 0 aliphatic rings. The molecule has 8 nitrogen and oxygen atoms in total.